The third-order valence-corrected chi connectivity index (χ3v) is 4.04. The van der Waals surface area contributed by atoms with Gasteiger partial charge in [-0.05, 0) is 17.7 Å². The number of thiophene rings is 1. The van der Waals surface area contributed by atoms with Crippen molar-refractivity contribution in [1.82, 2.24) is 5.32 Å². The summed E-state index contributed by atoms with van der Waals surface area (Å²) in [6, 6.07) is 13.1. The molecule has 1 amide bonds. The van der Waals surface area contributed by atoms with Gasteiger partial charge in [0.2, 0.25) is 0 Å². The van der Waals surface area contributed by atoms with Crippen LogP contribution in [0.15, 0.2) is 42.5 Å². The minimum Gasteiger partial charge on any atom is -0.350 e. The SMILES string of the molecule is O=C(NCC(Cl)c1ccccc1)c1ccc(Cl)s1. The van der Waals surface area contributed by atoms with Crippen LogP contribution < -0.4 is 5.32 Å². The Kier molecular flexibility index (Phi) is 4.64. The molecule has 1 aromatic heterocycles. The fourth-order valence-electron chi connectivity index (χ4n) is 1.49. The summed E-state index contributed by atoms with van der Waals surface area (Å²) in [5.74, 6) is -0.145. The van der Waals surface area contributed by atoms with Crippen molar-refractivity contribution < 1.29 is 4.79 Å². The molecule has 5 heteroatoms. The van der Waals surface area contributed by atoms with Gasteiger partial charge in [-0.1, -0.05) is 41.9 Å². The van der Waals surface area contributed by atoms with E-state index in [2.05, 4.69) is 5.32 Å². The van der Waals surface area contributed by atoms with Gasteiger partial charge in [0, 0.05) is 6.54 Å². The number of halogens is 2. The van der Waals surface area contributed by atoms with E-state index in [9.17, 15) is 4.79 Å². The maximum atomic E-state index is 11.8. The Morgan fingerprint density at radius 2 is 1.94 bits per heavy atom. The molecule has 2 rings (SSSR count). The fraction of sp³-hybridized carbons (Fsp3) is 0.154. The second-order valence-corrected chi connectivity index (χ2v) is 5.93. The van der Waals surface area contributed by atoms with Crippen LogP contribution in [0, 0.1) is 0 Å². The van der Waals surface area contributed by atoms with E-state index in [1.807, 2.05) is 30.3 Å². The van der Waals surface area contributed by atoms with Crippen LogP contribution in [0.3, 0.4) is 0 Å². The van der Waals surface area contributed by atoms with Crippen molar-refractivity contribution >= 4 is 40.4 Å². The van der Waals surface area contributed by atoms with Gasteiger partial charge in [0.15, 0.2) is 0 Å². The molecule has 1 unspecified atom stereocenters. The molecule has 18 heavy (non-hydrogen) atoms. The van der Waals surface area contributed by atoms with E-state index in [-0.39, 0.29) is 11.3 Å². The number of benzene rings is 1. The third kappa shape index (κ3) is 3.48. The van der Waals surface area contributed by atoms with Crippen LogP contribution in [0.5, 0.6) is 0 Å². The highest BCUT2D eigenvalue weighted by Gasteiger charge is 2.12. The second kappa shape index (κ2) is 6.23. The number of rotatable bonds is 4. The number of hydrogen-bond acceptors (Lipinski definition) is 2. The molecule has 0 saturated heterocycles. The minimum absolute atomic E-state index is 0.145. The van der Waals surface area contributed by atoms with E-state index < -0.39 is 0 Å². The topological polar surface area (TPSA) is 29.1 Å². The molecule has 0 spiro atoms. The largest absolute Gasteiger partial charge is 0.350 e. The molecule has 0 aliphatic rings. The normalized spacial score (nSPS) is 12.1. The van der Waals surface area contributed by atoms with Gasteiger partial charge in [-0.25, -0.2) is 0 Å². The van der Waals surface area contributed by atoms with E-state index in [1.54, 1.807) is 12.1 Å². The molecule has 1 aromatic carbocycles. The summed E-state index contributed by atoms with van der Waals surface area (Å²) in [6.45, 7) is 0.389. The van der Waals surface area contributed by atoms with Crippen LogP contribution in [0.2, 0.25) is 4.34 Å². The molecule has 1 heterocycles. The number of nitrogens with one attached hydrogen (secondary N) is 1. The highest BCUT2D eigenvalue weighted by atomic mass is 35.5. The standard InChI is InChI=1S/C13H11Cl2NOS/c14-10(9-4-2-1-3-5-9)8-16-13(17)11-6-7-12(15)18-11/h1-7,10H,8H2,(H,16,17). The van der Waals surface area contributed by atoms with Crippen LogP contribution in [-0.4, -0.2) is 12.5 Å². The fourth-order valence-corrected chi connectivity index (χ4v) is 2.67. The number of amides is 1. The maximum Gasteiger partial charge on any atom is 0.261 e. The lowest BCUT2D eigenvalue weighted by atomic mass is 10.1. The molecule has 0 radical (unpaired) electrons. The summed E-state index contributed by atoms with van der Waals surface area (Å²) in [5.41, 5.74) is 0.990. The zero-order valence-corrected chi connectivity index (χ0v) is 11.7. The summed E-state index contributed by atoms with van der Waals surface area (Å²) >= 11 is 13.2. The van der Waals surface area contributed by atoms with Gasteiger partial charge in [-0.15, -0.1) is 22.9 Å². The predicted octanol–water partition coefficient (Wildman–Crippen LogP) is 4.11. The molecule has 0 aliphatic heterocycles. The molecule has 2 aromatic rings. The van der Waals surface area contributed by atoms with Crippen LogP contribution in [0.1, 0.15) is 20.6 Å². The van der Waals surface area contributed by atoms with Crippen LogP contribution in [0.25, 0.3) is 0 Å². The molecule has 2 nitrogen and oxygen atoms in total. The van der Waals surface area contributed by atoms with Gasteiger partial charge < -0.3 is 5.32 Å². The summed E-state index contributed by atoms with van der Waals surface area (Å²) in [5, 5.41) is 2.56. The highest BCUT2D eigenvalue weighted by molar-refractivity contribution is 7.17. The highest BCUT2D eigenvalue weighted by Crippen LogP contribution is 2.22. The van der Waals surface area contributed by atoms with Crippen molar-refractivity contribution in [3.05, 3.63) is 57.2 Å². The smallest absolute Gasteiger partial charge is 0.261 e. The van der Waals surface area contributed by atoms with Gasteiger partial charge in [-0.3, -0.25) is 4.79 Å². The lowest BCUT2D eigenvalue weighted by Crippen LogP contribution is -2.26. The zero-order valence-electron chi connectivity index (χ0n) is 9.40. The molecule has 1 N–H and O–H groups in total. The summed E-state index contributed by atoms with van der Waals surface area (Å²) in [4.78, 5) is 12.4. The summed E-state index contributed by atoms with van der Waals surface area (Å²) in [6.07, 6.45) is 0. The maximum absolute atomic E-state index is 11.8. The Bertz CT molecular complexity index is 527. The van der Waals surface area contributed by atoms with Gasteiger partial charge in [-0.2, -0.15) is 0 Å². The van der Waals surface area contributed by atoms with E-state index in [0.717, 1.165) is 5.56 Å². The minimum atomic E-state index is -0.231. The first-order chi connectivity index (χ1) is 8.66. The average Bonchev–Trinajstić information content (AvgIpc) is 2.83. The quantitative estimate of drug-likeness (QED) is 0.846. The first-order valence-electron chi connectivity index (χ1n) is 5.39. The van der Waals surface area contributed by atoms with Crippen molar-refractivity contribution in [2.24, 2.45) is 0 Å². The summed E-state index contributed by atoms with van der Waals surface area (Å²) < 4.78 is 0.602. The monoisotopic (exact) mass is 299 g/mol. The van der Waals surface area contributed by atoms with Crippen molar-refractivity contribution in [3.63, 3.8) is 0 Å². The molecule has 0 bridgehead atoms. The van der Waals surface area contributed by atoms with Crippen LogP contribution in [-0.2, 0) is 0 Å². The van der Waals surface area contributed by atoms with Crippen molar-refractivity contribution in [2.75, 3.05) is 6.54 Å². The number of hydrogen-bond donors (Lipinski definition) is 1. The molecular formula is C13H11Cl2NOS. The van der Waals surface area contributed by atoms with Crippen molar-refractivity contribution in [2.45, 2.75) is 5.38 Å². The Morgan fingerprint density at radius 1 is 1.22 bits per heavy atom. The molecule has 0 saturated carbocycles. The number of alkyl halides is 1. The van der Waals surface area contributed by atoms with E-state index in [1.165, 1.54) is 11.3 Å². The molecular weight excluding hydrogens is 289 g/mol. The molecule has 1 atom stereocenters. The van der Waals surface area contributed by atoms with Crippen molar-refractivity contribution in [1.29, 1.82) is 0 Å². The van der Waals surface area contributed by atoms with Gasteiger partial charge in [0.25, 0.3) is 5.91 Å². The predicted molar refractivity (Wildman–Crippen MR) is 76.7 cm³/mol. The van der Waals surface area contributed by atoms with E-state index >= 15 is 0 Å². The van der Waals surface area contributed by atoms with E-state index in [4.69, 9.17) is 23.2 Å². The lowest BCUT2D eigenvalue weighted by Gasteiger charge is -2.10. The molecule has 0 aliphatic carbocycles. The first kappa shape index (κ1) is 13.4. The Balaban J connectivity index is 1.90. The third-order valence-electron chi connectivity index (χ3n) is 2.40. The Hall–Kier alpha value is -1.03. The van der Waals surface area contributed by atoms with Gasteiger partial charge in [0.05, 0.1) is 14.6 Å². The average molecular weight is 300 g/mol. The zero-order chi connectivity index (χ0) is 13.0. The first-order valence-corrected chi connectivity index (χ1v) is 7.02. The second-order valence-electron chi connectivity index (χ2n) is 3.69. The Labute approximate surface area is 120 Å². The summed E-state index contributed by atoms with van der Waals surface area (Å²) in [7, 11) is 0. The van der Waals surface area contributed by atoms with Crippen LogP contribution >= 0.6 is 34.5 Å². The number of carbonyl (C=O) groups excluding carboxylic acids is 1. The lowest BCUT2D eigenvalue weighted by molar-refractivity contribution is 0.0957. The van der Waals surface area contributed by atoms with Gasteiger partial charge in [0.1, 0.15) is 0 Å². The van der Waals surface area contributed by atoms with Gasteiger partial charge >= 0.3 is 0 Å². The number of carbonyl (C=O) groups is 1. The van der Waals surface area contributed by atoms with Crippen LogP contribution in [0.4, 0.5) is 0 Å². The molecule has 0 fully saturated rings. The molecule has 94 valence electrons. The Morgan fingerprint density at radius 3 is 2.56 bits per heavy atom. The van der Waals surface area contributed by atoms with Crippen molar-refractivity contribution in [3.8, 4) is 0 Å². The van der Waals surface area contributed by atoms with E-state index in [0.29, 0.717) is 15.8 Å².